The van der Waals surface area contributed by atoms with Gasteiger partial charge >= 0.3 is 5.97 Å². The third-order valence-corrected chi connectivity index (χ3v) is 12.0. The van der Waals surface area contributed by atoms with Crippen LogP contribution >= 0.6 is 11.8 Å². The average Bonchev–Trinajstić information content (AvgIpc) is 3.47. The zero-order chi connectivity index (χ0) is 37.5. The number of carbonyl (C=O) groups excluding carboxylic acids is 5. The van der Waals surface area contributed by atoms with Crippen LogP contribution in [0.5, 0.6) is 11.8 Å². The van der Waals surface area contributed by atoms with Gasteiger partial charge in [-0.05, 0) is 71.5 Å². The fourth-order valence-corrected chi connectivity index (χ4v) is 9.39. The summed E-state index contributed by atoms with van der Waals surface area (Å²) in [6, 6.07) is 14.6. The molecule has 2 aliphatic rings. The van der Waals surface area contributed by atoms with Gasteiger partial charge in [0.2, 0.25) is 11.8 Å². The Balaban J connectivity index is 1.36. The summed E-state index contributed by atoms with van der Waals surface area (Å²) < 4.78 is 0.636. The molecule has 5 aromatic carbocycles. The summed E-state index contributed by atoms with van der Waals surface area (Å²) in [7, 11) is 0. The number of hydrogen-bond donors (Lipinski definition) is 2. The van der Waals surface area contributed by atoms with E-state index in [1.807, 2.05) is 45.9 Å². The number of carbonyl (C=O) groups is 5. The maximum absolute atomic E-state index is 14.3. The Hall–Kier alpha value is -5.62. The van der Waals surface area contributed by atoms with Crippen molar-refractivity contribution in [2.75, 3.05) is 5.75 Å². The van der Waals surface area contributed by atoms with Crippen molar-refractivity contribution in [2.24, 2.45) is 0 Å². The van der Waals surface area contributed by atoms with Crippen LogP contribution in [-0.4, -0.2) is 72.2 Å². The second-order valence-corrected chi connectivity index (χ2v) is 14.7. The molecule has 12 heteroatoms. The largest absolute Gasteiger partial charge is 0.492 e. The summed E-state index contributed by atoms with van der Waals surface area (Å²) in [5.74, 6) is -2.76. The first-order valence-corrected chi connectivity index (χ1v) is 19.0. The van der Waals surface area contributed by atoms with E-state index >= 15 is 0 Å². The van der Waals surface area contributed by atoms with E-state index in [9.17, 15) is 34.2 Å². The van der Waals surface area contributed by atoms with E-state index in [-0.39, 0.29) is 47.9 Å². The molecule has 11 nitrogen and oxygen atoms in total. The summed E-state index contributed by atoms with van der Waals surface area (Å²) in [6.07, 6.45) is 2.36. The molecule has 4 amide bonds. The molecule has 1 aromatic heterocycles. The molecule has 2 aliphatic heterocycles. The van der Waals surface area contributed by atoms with E-state index in [0.29, 0.717) is 68.3 Å². The van der Waals surface area contributed by atoms with Crippen molar-refractivity contribution < 1.29 is 39.0 Å². The molecule has 0 bridgehead atoms. The molecular weight excluding hydrogens is 695 g/mol. The molecule has 3 heterocycles. The Morgan fingerprint density at radius 1 is 0.604 bits per heavy atom. The minimum Gasteiger partial charge on any atom is -0.492 e. The second-order valence-electron chi connectivity index (χ2n) is 13.6. The molecule has 270 valence electrons. The summed E-state index contributed by atoms with van der Waals surface area (Å²) in [5, 5.41) is 25.5. The first-order valence-electron chi connectivity index (χ1n) is 18.0. The zero-order valence-corrected chi connectivity index (χ0v) is 30.5. The number of aromatic nitrogens is 1. The maximum atomic E-state index is 14.3. The van der Waals surface area contributed by atoms with E-state index in [4.69, 9.17) is 4.84 Å². The lowest BCUT2D eigenvalue weighted by atomic mass is 9.81. The molecule has 0 saturated carbocycles. The molecule has 6 aromatic rings. The number of nitrogens with zero attached hydrogens (tertiary/aromatic N) is 3. The highest BCUT2D eigenvalue weighted by molar-refractivity contribution is 7.99. The van der Waals surface area contributed by atoms with E-state index < -0.39 is 17.7 Å². The molecule has 8 rings (SSSR count). The van der Waals surface area contributed by atoms with Crippen molar-refractivity contribution in [3.8, 4) is 11.8 Å². The smallest absolute Gasteiger partial charge is 0.334 e. The standard InChI is InChI=1S/C41H37N3O8S/c1-5-20(6-2)42-38(48)25-12-9-22-23-10-13-27-35-28(41(51)43(40(27)50)21(7-3)8-4)19-29(53-18-17-32(47)52-44-30(45)15-16-31(44)46)36(37(23)35)24-11-14-26(39(42)49)34(25)33(22)24/h9-16,19-21,45-46H,5-8,17-18H2,1-4H3. The number of rotatable bonds is 11. The molecule has 0 radical (unpaired) electrons. The van der Waals surface area contributed by atoms with Crippen LogP contribution < -0.4 is 4.84 Å². The number of fused-ring (bicyclic) bond motifs is 2. The van der Waals surface area contributed by atoms with E-state index in [1.54, 1.807) is 24.3 Å². The number of hydrogen-bond acceptors (Lipinski definition) is 9. The van der Waals surface area contributed by atoms with Gasteiger partial charge in [-0.1, -0.05) is 45.9 Å². The van der Waals surface area contributed by atoms with Crippen molar-refractivity contribution in [3.05, 3.63) is 76.9 Å². The summed E-state index contributed by atoms with van der Waals surface area (Å²) in [5.41, 5.74) is 1.71. The maximum Gasteiger partial charge on any atom is 0.334 e. The van der Waals surface area contributed by atoms with Crippen molar-refractivity contribution in [1.29, 1.82) is 0 Å². The number of amides is 4. The lowest BCUT2D eigenvalue weighted by molar-refractivity contribution is -0.144. The van der Waals surface area contributed by atoms with E-state index in [2.05, 4.69) is 0 Å². The zero-order valence-electron chi connectivity index (χ0n) is 29.7. The minimum absolute atomic E-state index is 0.113. The number of benzene rings is 5. The predicted octanol–water partition coefficient (Wildman–Crippen LogP) is 7.66. The van der Waals surface area contributed by atoms with Crippen molar-refractivity contribution >= 4 is 84.4 Å². The van der Waals surface area contributed by atoms with Gasteiger partial charge in [0.05, 0.1) is 6.42 Å². The van der Waals surface area contributed by atoms with Crippen LogP contribution in [0.1, 0.15) is 101 Å². The van der Waals surface area contributed by atoms with Crippen LogP contribution in [0.2, 0.25) is 0 Å². The van der Waals surface area contributed by atoms with Crippen LogP contribution in [0.25, 0.3) is 43.1 Å². The Labute approximate surface area is 308 Å². The van der Waals surface area contributed by atoms with Gasteiger partial charge in [0.1, 0.15) is 0 Å². The number of aromatic hydroxyl groups is 2. The van der Waals surface area contributed by atoms with Crippen molar-refractivity contribution in [2.45, 2.75) is 76.8 Å². The summed E-state index contributed by atoms with van der Waals surface area (Å²) in [6.45, 7) is 7.83. The molecule has 0 spiro atoms. The first kappa shape index (κ1) is 34.5. The van der Waals surface area contributed by atoms with Crippen LogP contribution in [0.15, 0.2) is 59.5 Å². The average molecular weight is 732 g/mol. The molecule has 0 aliphatic carbocycles. The highest BCUT2D eigenvalue weighted by atomic mass is 32.2. The molecule has 0 unspecified atom stereocenters. The van der Waals surface area contributed by atoms with E-state index in [0.717, 1.165) is 32.3 Å². The van der Waals surface area contributed by atoms with Crippen LogP contribution in [0, 0.1) is 0 Å². The third-order valence-electron chi connectivity index (χ3n) is 10.9. The molecule has 2 N–H and O–H groups in total. The van der Waals surface area contributed by atoms with Crippen LogP contribution in [0.3, 0.4) is 0 Å². The summed E-state index contributed by atoms with van der Waals surface area (Å²) >= 11 is 1.33. The molecule has 0 saturated heterocycles. The highest BCUT2D eigenvalue weighted by Crippen LogP contribution is 2.49. The number of imide groups is 2. The number of thioether (sulfide) groups is 1. The molecule has 0 atom stereocenters. The van der Waals surface area contributed by atoms with E-state index in [1.165, 1.54) is 33.7 Å². The van der Waals surface area contributed by atoms with Crippen LogP contribution in [0.4, 0.5) is 0 Å². The van der Waals surface area contributed by atoms with Crippen LogP contribution in [-0.2, 0) is 4.79 Å². The van der Waals surface area contributed by atoms with Gasteiger partial charge in [-0.15, -0.1) is 16.5 Å². The highest BCUT2D eigenvalue weighted by Gasteiger charge is 2.40. The fraction of sp³-hybridized carbons (Fsp3) is 0.293. The van der Waals surface area contributed by atoms with Gasteiger partial charge in [0.25, 0.3) is 23.6 Å². The normalized spacial score (nSPS) is 14.5. The quantitative estimate of drug-likeness (QED) is 0.0594. The molecule has 0 fully saturated rings. The summed E-state index contributed by atoms with van der Waals surface area (Å²) in [4.78, 5) is 78.0. The first-order chi connectivity index (χ1) is 25.6. The van der Waals surface area contributed by atoms with Gasteiger partial charge in [-0.2, -0.15) is 0 Å². The lowest BCUT2D eigenvalue weighted by Gasteiger charge is -2.35. The Bertz CT molecular complexity index is 2520. The lowest BCUT2D eigenvalue weighted by Crippen LogP contribution is -2.46. The van der Waals surface area contributed by atoms with Gasteiger partial charge in [0.15, 0.2) is 0 Å². The molecule has 53 heavy (non-hydrogen) atoms. The molecular formula is C41H37N3O8S. The van der Waals surface area contributed by atoms with Gasteiger partial charge < -0.3 is 15.1 Å². The minimum atomic E-state index is -0.706. The third kappa shape index (κ3) is 4.91. The second kappa shape index (κ2) is 12.8. The fourth-order valence-electron chi connectivity index (χ4n) is 8.34. The Kier molecular flexibility index (Phi) is 8.32. The Morgan fingerprint density at radius 2 is 1.06 bits per heavy atom. The Morgan fingerprint density at radius 3 is 1.57 bits per heavy atom. The van der Waals surface area contributed by atoms with Crippen molar-refractivity contribution in [1.82, 2.24) is 14.5 Å². The van der Waals surface area contributed by atoms with Gasteiger partial charge in [-0.25, -0.2) is 4.79 Å². The van der Waals surface area contributed by atoms with Gasteiger partial charge in [0, 0.05) is 78.7 Å². The van der Waals surface area contributed by atoms with Crippen molar-refractivity contribution in [3.63, 3.8) is 0 Å². The predicted molar refractivity (Wildman–Crippen MR) is 202 cm³/mol. The van der Waals surface area contributed by atoms with Gasteiger partial charge in [-0.3, -0.25) is 29.0 Å². The topological polar surface area (TPSA) is 146 Å². The monoisotopic (exact) mass is 731 g/mol. The SMILES string of the molecule is CCC(CC)N1C(=O)c2ccc3c4ccc5c6c(cc(SCCC(=O)On7c(O)ccc7O)c(c7ccc(c2c37)C1=O)c64)C(=O)N(C(CC)CC)C5=O.